The first-order chi connectivity index (χ1) is 10.4. The van der Waals surface area contributed by atoms with E-state index in [0.717, 1.165) is 24.2 Å². The van der Waals surface area contributed by atoms with Crippen LogP contribution in [0.25, 0.3) is 0 Å². The Hall–Kier alpha value is -1.55. The third-order valence-electron chi connectivity index (χ3n) is 4.75. The molecule has 0 aromatic heterocycles. The zero-order valence-electron chi connectivity index (χ0n) is 14.2. The third kappa shape index (κ3) is 4.01. The van der Waals surface area contributed by atoms with Crippen LogP contribution in [-0.4, -0.2) is 43.1 Å². The van der Waals surface area contributed by atoms with Crippen molar-refractivity contribution in [3.05, 3.63) is 29.8 Å². The summed E-state index contributed by atoms with van der Waals surface area (Å²) in [5, 5.41) is 3.08. The van der Waals surface area contributed by atoms with Gasteiger partial charge in [-0.3, -0.25) is 4.79 Å². The maximum absolute atomic E-state index is 12.3. The molecule has 22 heavy (non-hydrogen) atoms. The van der Waals surface area contributed by atoms with E-state index in [1.165, 1.54) is 12.8 Å². The number of carbonyl (C=O) groups excluding carboxylic acids is 1. The van der Waals surface area contributed by atoms with E-state index in [9.17, 15) is 4.79 Å². The van der Waals surface area contributed by atoms with E-state index in [0.29, 0.717) is 6.54 Å². The molecule has 4 nitrogen and oxygen atoms in total. The number of benzene rings is 1. The second kappa shape index (κ2) is 7.14. The number of hydrogen-bond donors (Lipinski definition) is 1. The first-order valence-electron chi connectivity index (χ1n) is 8.11. The highest BCUT2D eigenvalue weighted by molar-refractivity contribution is 5.80. The molecule has 1 aromatic carbocycles. The molecule has 0 heterocycles. The highest BCUT2D eigenvalue weighted by atomic mass is 16.5. The van der Waals surface area contributed by atoms with E-state index in [1.54, 1.807) is 6.92 Å². The summed E-state index contributed by atoms with van der Waals surface area (Å²) in [6, 6.07) is 7.78. The van der Waals surface area contributed by atoms with Crippen molar-refractivity contribution in [2.24, 2.45) is 0 Å². The molecule has 1 fully saturated rings. The SMILES string of the molecule is Cc1cccc(O[C@H](C)C(=O)NCC2(N(C)C)CCCC2)c1. The summed E-state index contributed by atoms with van der Waals surface area (Å²) < 4.78 is 5.74. The molecule has 0 saturated heterocycles. The van der Waals surface area contributed by atoms with Gasteiger partial charge in [0.1, 0.15) is 5.75 Å². The van der Waals surface area contributed by atoms with Gasteiger partial charge in [-0.2, -0.15) is 0 Å². The molecule has 1 amide bonds. The summed E-state index contributed by atoms with van der Waals surface area (Å²) in [5.74, 6) is 0.695. The predicted octanol–water partition coefficient (Wildman–Crippen LogP) is 2.75. The lowest BCUT2D eigenvalue weighted by molar-refractivity contribution is -0.127. The van der Waals surface area contributed by atoms with Gasteiger partial charge in [-0.25, -0.2) is 0 Å². The molecule has 1 aliphatic rings. The number of amides is 1. The molecular weight excluding hydrogens is 276 g/mol. The number of ether oxygens (including phenoxy) is 1. The van der Waals surface area contributed by atoms with Crippen molar-refractivity contribution in [2.75, 3.05) is 20.6 Å². The minimum atomic E-state index is -0.484. The Bertz CT molecular complexity index is 508. The van der Waals surface area contributed by atoms with Crippen molar-refractivity contribution in [1.82, 2.24) is 10.2 Å². The molecule has 0 unspecified atom stereocenters. The largest absolute Gasteiger partial charge is 0.481 e. The standard InChI is InChI=1S/C18H28N2O2/c1-14-8-7-9-16(12-14)22-15(2)17(21)19-13-18(20(3)4)10-5-6-11-18/h7-9,12,15H,5-6,10-11,13H2,1-4H3,(H,19,21)/t15-/m1/s1. The molecule has 1 saturated carbocycles. The topological polar surface area (TPSA) is 41.6 Å². The van der Waals surface area contributed by atoms with Crippen LogP contribution in [0, 0.1) is 6.92 Å². The zero-order valence-corrected chi connectivity index (χ0v) is 14.2. The molecule has 1 aliphatic carbocycles. The lowest BCUT2D eigenvalue weighted by atomic mass is 9.96. The Morgan fingerprint density at radius 2 is 2.05 bits per heavy atom. The second-order valence-corrected chi connectivity index (χ2v) is 6.62. The van der Waals surface area contributed by atoms with Gasteiger partial charge >= 0.3 is 0 Å². The van der Waals surface area contributed by atoms with E-state index in [1.807, 2.05) is 31.2 Å². The first kappa shape index (κ1) is 16.8. The van der Waals surface area contributed by atoms with Gasteiger partial charge in [0.2, 0.25) is 0 Å². The molecule has 4 heteroatoms. The minimum absolute atomic E-state index is 0.0466. The number of nitrogens with one attached hydrogen (secondary N) is 1. The van der Waals surface area contributed by atoms with Crippen molar-refractivity contribution in [3.8, 4) is 5.75 Å². The average Bonchev–Trinajstić information content (AvgIpc) is 2.95. The van der Waals surface area contributed by atoms with E-state index >= 15 is 0 Å². The second-order valence-electron chi connectivity index (χ2n) is 6.62. The van der Waals surface area contributed by atoms with Crippen LogP contribution >= 0.6 is 0 Å². The Balaban J connectivity index is 1.88. The van der Waals surface area contributed by atoms with Gasteiger partial charge in [0, 0.05) is 12.1 Å². The van der Waals surface area contributed by atoms with Crippen LogP contribution in [0.3, 0.4) is 0 Å². The molecule has 0 radical (unpaired) electrons. The van der Waals surface area contributed by atoms with Crippen molar-refractivity contribution >= 4 is 5.91 Å². The summed E-state index contributed by atoms with van der Waals surface area (Å²) in [6.45, 7) is 4.51. The molecule has 1 atom stereocenters. The molecule has 1 aromatic rings. The van der Waals surface area contributed by atoms with Crippen LogP contribution in [0.1, 0.15) is 38.2 Å². The number of rotatable bonds is 6. The minimum Gasteiger partial charge on any atom is -0.481 e. The van der Waals surface area contributed by atoms with Gasteiger partial charge < -0.3 is 15.0 Å². The first-order valence-corrected chi connectivity index (χ1v) is 8.11. The zero-order chi connectivity index (χ0) is 16.2. The fourth-order valence-corrected chi connectivity index (χ4v) is 3.16. The summed E-state index contributed by atoms with van der Waals surface area (Å²) in [7, 11) is 4.20. The van der Waals surface area contributed by atoms with Crippen molar-refractivity contribution < 1.29 is 9.53 Å². The monoisotopic (exact) mass is 304 g/mol. The Morgan fingerprint density at radius 3 is 2.64 bits per heavy atom. The van der Waals surface area contributed by atoms with Gasteiger partial charge in [0.05, 0.1) is 0 Å². The lowest BCUT2D eigenvalue weighted by Crippen LogP contribution is -2.52. The van der Waals surface area contributed by atoms with E-state index in [-0.39, 0.29) is 11.4 Å². The Labute approximate surface area is 133 Å². The van der Waals surface area contributed by atoms with Crippen LogP contribution in [0.15, 0.2) is 24.3 Å². The molecule has 122 valence electrons. The third-order valence-corrected chi connectivity index (χ3v) is 4.75. The van der Waals surface area contributed by atoms with E-state index in [2.05, 4.69) is 24.3 Å². The maximum Gasteiger partial charge on any atom is 0.260 e. The van der Waals surface area contributed by atoms with E-state index < -0.39 is 6.10 Å². The van der Waals surface area contributed by atoms with Crippen LogP contribution < -0.4 is 10.1 Å². The molecule has 0 aliphatic heterocycles. The Morgan fingerprint density at radius 1 is 1.36 bits per heavy atom. The number of nitrogens with zero attached hydrogens (tertiary/aromatic N) is 1. The summed E-state index contributed by atoms with van der Waals surface area (Å²) in [6.07, 6.45) is 4.29. The smallest absolute Gasteiger partial charge is 0.260 e. The van der Waals surface area contributed by atoms with Crippen molar-refractivity contribution in [3.63, 3.8) is 0 Å². The summed E-state index contributed by atoms with van der Waals surface area (Å²) in [4.78, 5) is 14.6. The molecule has 0 spiro atoms. The fraction of sp³-hybridized carbons (Fsp3) is 0.611. The van der Waals surface area contributed by atoms with Gasteiger partial charge in [0.25, 0.3) is 5.91 Å². The van der Waals surface area contributed by atoms with Crippen molar-refractivity contribution in [1.29, 1.82) is 0 Å². The average molecular weight is 304 g/mol. The fourth-order valence-electron chi connectivity index (χ4n) is 3.16. The Kier molecular flexibility index (Phi) is 5.46. The van der Waals surface area contributed by atoms with E-state index in [4.69, 9.17) is 4.74 Å². The predicted molar refractivity (Wildman–Crippen MR) is 89.2 cm³/mol. The number of aryl methyl sites for hydroxylation is 1. The van der Waals surface area contributed by atoms with Gasteiger partial charge in [-0.05, 0) is 58.5 Å². The van der Waals surface area contributed by atoms with Crippen molar-refractivity contribution in [2.45, 2.75) is 51.2 Å². The van der Waals surface area contributed by atoms with Gasteiger partial charge in [0.15, 0.2) is 6.10 Å². The van der Waals surface area contributed by atoms with Crippen LogP contribution in [-0.2, 0) is 4.79 Å². The molecule has 1 N–H and O–H groups in total. The van der Waals surface area contributed by atoms with Crippen LogP contribution in [0.2, 0.25) is 0 Å². The molecule has 0 bridgehead atoms. The molecular formula is C18H28N2O2. The molecule has 2 rings (SSSR count). The summed E-state index contributed by atoms with van der Waals surface area (Å²) in [5.41, 5.74) is 1.24. The maximum atomic E-state index is 12.3. The van der Waals surface area contributed by atoms with Gasteiger partial charge in [-0.15, -0.1) is 0 Å². The summed E-state index contributed by atoms with van der Waals surface area (Å²) >= 11 is 0. The number of carbonyl (C=O) groups is 1. The lowest BCUT2D eigenvalue weighted by Gasteiger charge is -2.36. The highest BCUT2D eigenvalue weighted by Gasteiger charge is 2.36. The number of likely N-dealkylation sites (N-methyl/N-ethyl adjacent to an activating group) is 1. The quantitative estimate of drug-likeness (QED) is 0.878. The number of hydrogen-bond acceptors (Lipinski definition) is 3. The normalized spacial score (nSPS) is 18.2. The highest BCUT2D eigenvalue weighted by Crippen LogP contribution is 2.33. The van der Waals surface area contributed by atoms with Gasteiger partial charge in [-0.1, -0.05) is 25.0 Å². The van der Waals surface area contributed by atoms with Crippen LogP contribution in [0.4, 0.5) is 0 Å². The van der Waals surface area contributed by atoms with Crippen LogP contribution in [0.5, 0.6) is 5.75 Å².